The van der Waals surface area contributed by atoms with Gasteiger partial charge in [0.25, 0.3) is 0 Å². The van der Waals surface area contributed by atoms with Crippen LogP contribution in [-0.4, -0.2) is 30.9 Å². The third-order valence-corrected chi connectivity index (χ3v) is 6.24. The van der Waals surface area contributed by atoms with Crippen LogP contribution < -0.4 is 5.32 Å². The maximum absolute atomic E-state index is 11.3. The number of hydrogen-bond donors (Lipinski definition) is 1. The standard InChI is InChI=1S/C12H18N2O2S2/c15-18(16)5-3-10(4-6-18)13-7-12-14-11(8-17-12)9-1-2-9/h8-10,13H,1-7H2. The highest BCUT2D eigenvalue weighted by Crippen LogP contribution is 2.40. The minimum Gasteiger partial charge on any atom is -0.308 e. The Balaban J connectivity index is 1.48. The lowest BCUT2D eigenvalue weighted by Gasteiger charge is -2.22. The van der Waals surface area contributed by atoms with E-state index in [1.807, 2.05) is 0 Å². The Hall–Kier alpha value is -0.460. The van der Waals surface area contributed by atoms with Crippen molar-refractivity contribution in [3.05, 3.63) is 16.1 Å². The summed E-state index contributed by atoms with van der Waals surface area (Å²) in [4.78, 5) is 4.62. The summed E-state index contributed by atoms with van der Waals surface area (Å²) in [6.07, 6.45) is 4.06. The van der Waals surface area contributed by atoms with E-state index in [-0.39, 0.29) is 0 Å². The van der Waals surface area contributed by atoms with Crippen molar-refractivity contribution in [2.24, 2.45) is 0 Å². The summed E-state index contributed by atoms with van der Waals surface area (Å²) >= 11 is 1.71. The average molecular weight is 286 g/mol. The zero-order chi connectivity index (χ0) is 12.6. The molecule has 1 saturated heterocycles. The smallest absolute Gasteiger partial charge is 0.150 e. The molecule has 6 heteroatoms. The molecular formula is C12H18N2O2S2. The SMILES string of the molecule is O=S1(=O)CCC(NCc2nc(C3CC3)cs2)CC1. The van der Waals surface area contributed by atoms with E-state index in [1.165, 1.54) is 18.5 Å². The molecule has 0 atom stereocenters. The number of rotatable bonds is 4. The lowest BCUT2D eigenvalue weighted by Crippen LogP contribution is -2.37. The van der Waals surface area contributed by atoms with Crippen molar-refractivity contribution in [2.75, 3.05) is 11.5 Å². The monoisotopic (exact) mass is 286 g/mol. The van der Waals surface area contributed by atoms with Crippen LogP contribution in [-0.2, 0) is 16.4 Å². The highest BCUT2D eigenvalue weighted by molar-refractivity contribution is 7.91. The molecule has 2 heterocycles. The van der Waals surface area contributed by atoms with E-state index in [1.54, 1.807) is 11.3 Å². The van der Waals surface area contributed by atoms with E-state index < -0.39 is 9.84 Å². The summed E-state index contributed by atoms with van der Waals surface area (Å²) in [7, 11) is -2.75. The van der Waals surface area contributed by atoms with Crippen molar-refractivity contribution in [2.45, 2.75) is 44.2 Å². The Morgan fingerprint density at radius 1 is 1.28 bits per heavy atom. The van der Waals surface area contributed by atoms with E-state index in [2.05, 4.69) is 15.7 Å². The molecule has 100 valence electrons. The molecule has 0 aromatic carbocycles. The highest BCUT2D eigenvalue weighted by Gasteiger charge is 2.26. The molecule has 0 unspecified atom stereocenters. The molecular weight excluding hydrogens is 268 g/mol. The second-order valence-electron chi connectivity index (χ2n) is 5.25. The van der Waals surface area contributed by atoms with Crippen LogP contribution in [0, 0.1) is 0 Å². The molecule has 18 heavy (non-hydrogen) atoms. The zero-order valence-electron chi connectivity index (χ0n) is 10.3. The van der Waals surface area contributed by atoms with Crippen molar-refractivity contribution >= 4 is 21.2 Å². The molecule has 3 rings (SSSR count). The Bertz CT molecular complexity index is 506. The number of nitrogens with zero attached hydrogens (tertiary/aromatic N) is 1. The van der Waals surface area contributed by atoms with E-state index in [4.69, 9.17) is 0 Å². The van der Waals surface area contributed by atoms with Gasteiger partial charge in [-0.25, -0.2) is 13.4 Å². The van der Waals surface area contributed by atoms with Gasteiger partial charge in [-0.15, -0.1) is 11.3 Å². The molecule has 1 N–H and O–H groups in total. The van der Waals surface area contributed by atoms with Crippen LogP contribution in [0.5, 0.6) is 0 Å². The average Bonchev–Trinajstić information content (AvgIpc) is 3.08. The first kappa shape index (κ1) is 12.6. The van der Waals surface area contributed by atoms with Gasteiger partial charge in [-0.3, -0.25) is 0 Å². The Labute approximate surface area is 112 Å². The van der Waals surface area contributed by atoms with Crippen LogP contribution in [0.3, 0.4) is 0 Å². The predicted octanol–water partition coefficient (Wildman–Crippen LogP) is 1.69. The molecule has 2 aliphatic rings. The summed E-state index contributed by atoms with van der Waals surface area (Å²) < 4.78 is 22.6. The number of thiazole rings is 1. The van der Waals surface area contributed by atoms with Crippen molar-refractivity contribution in [1.29, 1.82) is 0 Å². The fourth-order valence-electron chi connectivity index (χ4n) is 2.30. The van der Waals surface area contributed by atoms with Gasteiger partial charge in [0.2, 0.25) is 0 Å². The largest absolute Gasteiger partial charge is 0.308 e. The van der Waals surface area contributed by atoms with E-state index in [0.717, 1.165) is 30.3 Å². The van der Waals surface area contributed by atoms with Gasteiger partial charge in [0, 0.05) is 23.9 Å². The van der Waals surface area contributed by atoms with Gasteiger partial charge in [0.1, 0.15) is 14.8 Å². The molecule has 0 spiro atoms. The van der Waals surface area contributed by atoms with Crippen LogP contribution >= 0.6 is 11.3 Å². The normalized spacial score (nSPS) is 24.2. The van der Waals surface area contributed by atoms with Gasteiger partial charge in [-0.2, -0.15) is 0 Å². The maximum Gasteiger partial charge on any atom is 0.150 e. The summed E-state index contributed by atoms with van der Waals surface area (Å²) in [6.45, 7) is 0.780. The summed E-state index contributed by atoms with van der Waals surface area (Å²) in [5, 5.41) is 6.73. The van der Waals surface area contributed by atoms with E-state index in [9.17, 15) is 8.42 Å². The van der Waals surface area contributed by atoms with E-state index in [0.29, 0.717) is 17.5 Å². The molecule has 2 fully saturated rings. The Morgan fingerprint density at radius 2 is 2.00 bits per heavy atom. The molecule has 1 aromatic heterocycles. The van der Waals surface area contributed by atoms with Crippen molar-refractivity contribution in [3.63, 3.8) is 0 Å². The predicted molar refractivity (Wildman–Crippen MR) is 72.6 cm³/mol. The summed E-state index contributed by atoms with van der Waals surface area (Å²) in [5.74, 6) is 1.38. The van der Waals surface area contributed by atoms with Crippen molar-refractivity contribution in [1.82, 2.24) is 10.3 Å². The van der Waals surface area contributed by atoms with Crippen molar-refractivity contribution < 1.29 is 8.42 Å². The van der Waals surface area contributed by atoms with Crippen LogP contribution in [0.15, 0.2) is 5.38 Å². The van der Waals surface area contributed by atoms with Gasteiger partial charge < -0.3 is 5.32 Å². The first-order valence-electron chi connectivity index (χ1n) is 6.50. The van der Waals surface area contributed by atoms with Crippen LogP contribution in [0.4, 0.5) is 0 Å². The third kappa shape index (κ3) is 3.10. The van der Waals surface area contributed by atoms with Gasteiger partial charge in [-0.1, -0.05) is 0 Å². The number of nitrogens with one attached hydrogen (secondary N) is 1. The molecule has 0 radical (unpaired) electrons. The molecule has 0 bridgehead atoms. The van der Waals surface area contributed by atoms with Crippen LogP contribution in [0.1, 0.15) is 42.3 Å². The topological polar surface area (TPSA) is 59.1 Å². The Kier molecular flexibility index (Phi) is 3.42. The molecule has 0 amide bonds. The quantitative estimate of drug-likeness (QED) is 0.915. The fourth-order valence-corrected chi connectivity index (χ4v) is 4.62. The molecule has 4 nitrogen and oxygen atoms in total. The first-order chi connectivity index (χ1) is 8.62. The maximum atomic E-state index is 11.3. The second-order valence-corrected chi connectivity index (χ2v) is 8.49. The number of aromatic nitrogens is 1. The fraction of sp³-hybridized carbons (Fsp3) is 0.750. The summed E-state index contributed by atoms with van der Waals surface area (Å²) in [6, 6.07) is 0.335. The first-order valence-corrected chi connectivity index (χ1v) is 9.20. The van der Waals surface area contributed by atoms with Crippen molar-refractivity contribution in [3.8, 4) is 0 Å². The summed E-state index contributed by atoms with van der Waals surface area (Å²) in [5.41, 5.74) is 1.25. The number of sulfone groups is 1. The minimum absolute atomic E-state index is 0.329. The molecule has 1 aliphatic heterocycles. The minimum atomic E-state index is -2.75. The van der Waals surface area contributed by atoms with Gasteiger partial charge in [-0.05, 0) is 25.7 Å². The molecule has 1 aliphatic carbocycles. The van der Waals surface area contributed by atoms with Crippen LogP contribution in [0.2, 0.25) is 0 Å². The van der Waals surface area contributed by atoms with Gasteiger partial charge in [0.15, 0.2) is 0 Å². The number of hydrogen-bond acceptors (Lipinski definition) is 5. The Morgan fingerprint density at radius 3 is 2.67 bits per heavy atom. The van der Waals surface area contributed by atoms with Crippen LogP contribution in [0.25, 0.3) is 0 Å². The third-order valence-electron chi connectivity index (χ3n) is 3.66. The zero-order valence-corrected chi connectivity index (χ0v) is 11.9. The van der Waals surface area contributed by atoms with E-state index >= 15 is 0 Å². The molecule has 1 aromatic rings. The molecule has 1 saturated carbocycles. The second kappa shape index (κ2) is 4.90. The lowest BCUT2D eigenvalue weighted by molar-refractivity contribution is 0.462. The lowest BCUT2D eigenvalue weighted by atomic mass is 10.1. The van der Waals surface area contributed by atoms with Gasteiger partial charge >= 0.3 is 0 Å². The van der Waals surface area contributed by atoms with Gasteiger partial charge in [0.05, 0.1) is 17.2 Å². The highest BCUT2D eigenvalue weighted by atomic mass is 32.2.